The van der Waals surface area contributed by atoms with Gasteiger partial charge < -0.3 is 4.57 Å². The van der Waals surface area contributed by atoms with E-state index in [9.17, 15) is 12.8 Å². The molecule has 144 valence electrons. The third kappa shape index (κ3) is 6.22. The Morgan fingerprint density at radius 2 is 1.89 bits per heavy atom. The van der Waals surface area contributed by atoms with Crippen LogP contribution in [0.1, 0.15) is 38.5 Å². The average Bonchev–Trinajstić information content (AvgIpc) is 3.06. The van der Waals surface area contributed by atoms with E-state index >= 15 is 0 Å². The van der Waals surface area contributed by atoms with Gasteiger partial charge in [0.1, 0.15) is 12.0 Å². The van der Waals surface area contributed by atoms with E-state index in [1.54, 1.807) is 35.0 Å². The first-order chi connectivity index (χ1) is 12.7. The fraction of sp³-hybridized carbons (Fsp3) is 0.286. The number of alkyl halides is 1. The van der Waals surface area contributed by atoms with Gasteiger partial charge in [-0.25, -0.2) is 17.8 Å². The summed E-state index contributed by atoms with van der Waals surface area (Å²) in [5.74, 6) is 0.704. The summed E-state index contributed by atoms with van der Waals surface area (Å²) in [5.41, 5.74) is 2.21. The Bertz CT molecular complexity index is 934. The van der Waals surface area contributed by atoms with Crippen LogP contribution in [0.2, 0.25) is 0 Å². The molecule has 1 unspecified atom stereocenters. The van der Waals surface area contributed by atoms with Crippen LogP contribution in [-0.2, 0) is 16.3 Å². The molecular weight excluding hydrogens is 363 g/mol. The number of imidazole rings is 1. The number of hydrogen-bond donors (Lipinski definition) is 0. The largest absolute Gasteiger partial charge is 0.303 e. The molecule has 1 atom stereocenters. The molecule has 2 aromatic rings. The molecular formula is C21H25FN2O2S. The highest BCUT2D eigenvalue weighted by molar-refractivity contribution is 7.90. The number of allylic oxidation sites excluding steroid dienone is 4. The molecule has 6 heteroatoms. The van der Waals surface area contributed by atoms with E-state index < -0.39 is 16.0 Å². The summed E-state index contributed by atoms with van der Waals surface area (Å²) in [5, 5.41) is 0. The summed E-state index contributed by atoms with van der Waals surface area (Å²) in [6.07, 6.45) is 16.2. The van der Waals surface area contributed by atoms with Gasteiger partial charge in [0, 0.05) is 24.6 Å². The molecule has 1 aromatic carbocycles. The number of terminal acetylenes is 1. The van der Waals surface area contributed by atoms with Crippen LogP contribution in [0.5, 0.6) is 0 Å². The van der Waals surface area contributed by atoms with E-state index in [1.165, 1.54) is 13.2 Å². The Labute approximate surface area is 161 Å². The minimum absolute atomic E-state index is 0.251. The van der Waals surface area contributed by atoms with Gasteiger partial charge >= 0.3 is 0 Å². The molecule has 0 bridgehead atoms. The fourth-order valence-electron chi connectivity index (χ4n) is 2.43. The lowest BCUT2D eigenvalue weighted by Gasteiger charge is -2.07. The van der Waals surface area contributed by atoms with Crippen LogP contribution in [0.15, 0.2) is 59.2 Å². The average molecular weight is 389 g/mol. The van der Waals surface area contributed by atoms with Crippen LogP contribution in [0, 0.1) is 12.8 Å². The molecule has 0 aliphatic rings. The second-order valence-corrected chi connectivity index (χ2v) is 8.00. The third-order valence-corrected chi connectivity index (χ3v) is 4.91. The van der Waals surface area contributed by atoms with Crippen LogP contribution in [0.25, 0.3) is 5.69 Å². The monoisotopic (exact) mass is 388 g/mol. The van der Waals surface area contributed by atoms with E-state index in [2.05, 4.69) is 17.8 Å². The molecule has 1 aromatic heterocycles. The van der Waals surface area contributed by atoms with Gasteiger partial charge in [-0.05, 0) is 45.0 Å². The van der Waals surface area contributed by atoms with Crippen molar-refractivity contribution in [2.75, 3.05) is 6.26 Å². The standard InChI is InChI=1S/C19H23FN2O2S.C2H2/c1-5-6-14(2)7-12-19-21-18(15(3)20)13-22(19)16-8-10-17(11-9-16)25(4,23)24;1-2/h5-11,13,15H,12H2,1-4H3;1-2H/b6-5-,14-7-;. The van der Waals surface area contributed by atoms with Crippen LogP contribution < -0.4 is 0 Å². The Kier molecular flexibility index (Phi) is 8.20. The number of nitrogens with zero attached hydrogens (tertiary/aromatic N) is 2. The number of hydrogen-bond acceptors (Lipinski definition) is 3. The molecule has 0 N–H and O–H groups in total. The summed E-state index contributed by atoms with van der Waals surface area (Å²) in [4.78, 5) is 4.64. The van der Waals surface area contributed by atoms with Gasteiger partial charge in [-0.3, -0.25) is 0 Å². The summed E-state index contributed by atoms with van der Waals surface area (Å²) in [7, 11) is -3.25. The van der Waals surface area contributed by atoms with Crippen LogP contribution >= 0.6 is 0 Å². The van der Waals surface area contributed by atoms with E-state index in [1.807, 2.05) is 32.1 Å². The maximum absolute atomic E-state index is 13.7. The zero-order valence-corrected chi connectivity index (χ0v) is 16.9. The maximum atomic E-state index is 13.7. The van der Waals surface area contributed by atoms with Crippen molar-refractivity contribution in [3.63, 3.8) is 0 Å². The minimum atomic E-state index is -3.25. The first-order valence-corrected chi connectivity index (χ1v) is 10.3. The number of halogens is 1. The lowest BCUT2D eigenvalue weighted by Crippen LogP contribution is -2.01. The van der Waals surface area contributed by atoms with Crippen molar-refractivity contribution < 1.29 is 12.8 Å². The molecule has 0 radical (unpaired) electrons. The van der Waals surface area contributed by atoms with Crippen molar-refractivity contribution in [3.8, 4) is 18.5 Å². The Morgan fingerprint density at radius 1 is 1.30 bits per heavy atom. The normalized spacial score (nSPS) is 13.2. The highest BCUT2D eigenvalue weighted by Crippen LogP contribution is 2.21. The summed E-state index contributed by atoms with van der Waals surface area (Å²) in [6.45, 7) is 5.39. The Balaban J connectivity index is 0.00000176. The van der Waals surface area contributed by atoms with Gasteiger partial charge in [0.25, 0.3) is 0 Å². The molecule has 0 spiro atoms. The number of rotatable bonds is 6. The molecule has 0 aliphatic heterocycles. The van der Waals surface area contributed by atoms with Gasteiger partial charge in [0.2, 0.25) is 0 Å². The Hall–Kier alpha value is -2.65. The highest BCUT2D eigenvalue weighted by Gasteiger charge is 2.14. The van der Waals surface area contributed by atoms with Crippen molar-refractivity contribution in [3.05, 3.63) is 65.8 Å². The number of benzene rings is 1. The summed E-state index contributed by atoms with van der Waals surface area (Å²) in [6, 6.07) is 6.51. The molecule has 0 fully saturated rings. The first-order valence-electron chi connectivity index (χ1n) is 8.38. The predicted octanol–water partition coefficient (Wildman–Crippen LogP) is 4.62. The van der Waals surface area contributed by atoms with Gasteiger partial charge in [-0.1, -0.05) is 23.8 Å². The molecule has 0 saturated carbocycles. The third-order valence-electron chi connectivity index (χ3n) is 3.78. The van der Waals surface area contributed by atoms with Crippen molar-refractivity contribution >= 4 is 9.84 Å². The van der Waals surface area contributed by atoms with Crippen molar-refractivity contribution in [1.82, 2.24) is 9.55 Å². The molecule has 27 heavy (non-hydrogen) atoms. The van der Waals surface area contributed by atoms with Gasteiger partial charge in [0.15, 0.2) is 9.84 Å². The van der Waals surface area contributed by atoms with Gasteiger partial charge in [0.05, 0.1) is 10.6 Å². The van der Waals surface area contributed by atoms with E-state index in [-0.39, 0.29) is 4.90 Å². The van der Waals surface area contributed by atoms with E-state index in [4.69, 9.17) is 0 Å². The molecule has 0 aliphatic carbocycles. The SMILES string of the molecule is C#C.C/C=C\C(C)=C/Cc1nc(C(C)F)cn1-c1ccc(S(C)(=O)=O)cc1. The highest BCUT2D eigenvalue weighted by atomic mass is 32.2. The van der Waals surface area contributed by atoms with Gasteiger partial charge in [-0.2, -0.15) is 0 Å². The molecule has 1 heterocycles. The lowest BCUT2D eigenvalue weighted by molar-refractivity contribution is 0.366. The van der Waals surface area contributed by atoms with Crippen molar-refractivity contribution in [1.29, 1.82) is 0 Å². The molecule has 4 nitrogen and oxygen atoms in total. The van der Waals surface area contributed by atoms with E-state index in [0.717, 1.165) is 11.3 Å². The number of sulfone groups is 1. The maximum Gasteiger partial charge on any atom is 0.175 e. The second-order valence-electron chi connectivity index (χ2n) is 5.99. The number of aromatic nitrogens is 2. The van der Waals surface area contributed by atoms with Crippen molar-refractivity contribution in [2.24, 2.45) is 0 Å². The fourth-order valence-corrected chi connectivity index (χ4v) is 3.07. The minimum Gasteiger partial charge on any atom is -0.303 e. The molecule has 0 amide bonds. The van der Waals surface area contributed by atoms with Crippen LogP contribution in [-0.4, -0.2) is 24.2 Å². The zero-order valence-electron chi connectivity index (χ0n) is 16.1. The van der Waals surface area contributed by atoms with Crippen LogP contribution in [0.3, 0.4) is 0 Å². The quantitative estimate of drug-likeness (QED) is 0.536. The smallest absolute Gasteiger partial charge is 0.175 e. The molecule has 2 rings (SSSR count). The zero-order chi connectivity index (χ0) is 20.6. The Morgan fingerprint density at radius 3 is 2.37 bits per heavy atom. The van der Waals surface area contributed by atoms with Crippen LogP contribution in [0.4, 0.5) is 4.39 Å². The topological polar surface area (TPSA) is 52.0 Å². The summed E-state index contributed by atoms with van der Waals surface area (Å²) < 4.78 is 38.7. The lowest BCUT2D eigenvalue weighted by atomic mass is 10.2. The summed E-state index contributed by atoms with van der Waals surface area (Å²) >= 11 is 0. The van der Waals surface area contributed by atoms with E-state index in [0.29, 0.717) is 17.9 Å². The second kappa shape index (κ2) is 9.89. The van der Waals surface area contributed by atoms with Crippen molar-refractivity contribution in [2.45, 2.75) is 38.3 Å². The predicted molar refractivity (Wildman–Crippen MR) is 108 cm³/mol. The first kappa shape index (κ1) is 22.4. The molecule has 0 saturated heterocycles. The van der Waals surface area contributed by atoms with Gasteiger partial charge in [-0.15, -0.1) is 12.8 Å².